The number of rotatable bonds is 1. The van der Waals surface area contributed by atoms with E-state index in [0.717, 1.165) is 4.90 Å². The van der Waals surface area contributed by atoms with Crippen LogP contribution in [0.4, 0.5) is 23.7 Å². The van der Waals surface area contributed by atoms with Gasteiger partial charge in [0.1, 0.15) is 5.50 Å². The molecule has 0 spiro atoms. The number of nitrogens with one attached hydrogen (secondary N) is 2. The van der Waals surface area contributed by atoms with Crippen LogP contribution in [0.1, 0.15) is 5.56 Å². The Bertz CT molecular complexity index is 799. The van der Waals surface area contributed by atoms with Crippen LogP contribution in [-0.4, -0.2) is 17.7 Å². The van der Waals surface area contributed by atoms with Crippen LogP contribution in [-0.2, 0) is 5.66 Å². The number of anilines is 1. The lowest BCUT2D eigenvalue weighted by atomic mass is 9.97. The number of urea groups is 1. The van der Waals surface area contributed by atoms with Gasteiger partial charge >= 0.3 is 12.2 Å². The minimum absolute atomic E-state index is 0.0537. The molecule has 4 rings (SSSR count). The van der Waals surface area contributed by atoms with Gasteiger partial charge in [0.05, 0.1) is 5.69 Å². The van der Waals surface area contributed by atoms with Crippen LogP contribution in [0.2, 0.25) is 0 Å². The lowest BCUT2D eigenvalue weighted by Gasteiger charge is -2.46. The van der Waals surface area contributed by atoms with Crippen molar-refractivity contribution in [3.8, 4) is 0 Å². The molecule has 4 nitrogen and oxygen atoms in total. The second-order valence-corrected chi connectivity index (χ2v) is 6.62. The number of hydrogen-bond donors (Lipinski definition) is 2. The molecule has 2 amide bonds. The number of para-hydroxylation sites is 1. The smallest absolute Gasteiger partial charge is 0.308 e. The van der Waals surface area contributed by atoms with Crippen LogP contribution in [0.5, 0.6) is 0 Å². The number of fused-ring (bicyclic) bond motifs is 3. The number of carbonyl (C=O) groups is 1. The number of nitrogens with zero attached hydrogens (tertiary/aromatic N) is 1. The van der Waals surface area contributed by atoms with Gasteiger partial charge in [-0.15, -0.1) is 0 Å². The second kappa shape index (κ2) is 5.15. The molecule has 124 valence electrons. The van der Waals surface area contributed by atoms with E-state index in [1.807, 2.05) is 0 Å². The molecule has 1 fully saturated rings. The Morgan fingerprint density at radius 3 is 2.42 bits per heavy atom. The van der Waals surface area contributed by atoms with Crippen LogP contribution in [0.15, 0.2) is 59.5 Å². The third kappa shape index (κ3) is 2.10. The van der Waals surface area contributed by atoms with Crippen molar-refractivity contribution < 1.29 is 18.0 Å². The fourth-order valence-corrected chi connectivity index (χ4v) is 4.20. The fraction of sp³-hybridized carbons (Fsp3) is 0.188. The maximum absolute atomic E-state index is 13.9. The number of halogens is 3. The number of benzene rings is 2. The van der Waals surface area contributed by atoms with Crippen molar-refractivity contribution in [2.24, 2.45) is 0 Å². The molecule has 2 aliphatic rings. The van der Waals surface area contributed by atoms with Crippen LogP contribution in [0, 0.1) is 0 Å². The lowest BCUT2D eigenvalue weighted by molar-refractivity contribution is -0.210. The molecule has 0 aliphatic carbocycles. The third-order valence-electron chi connectivity index (χ3n) is 4.08. The van der Waals surface area contributed by atoms with E-state index in [2.05, 4.69) is 10.6 Å². The van der Waals surface area contributed by atoms with Crippen molar-refractivity contribution in [3.05, 3.63) is 60.2 Å². The number of hydrogen-bond acceptors (Lipinski definition) is 3. The van der Waals surface area contributed by atoms with Crippen LogP contribution < -0.4 is 15.5 Å². The number of thioether (sulfide) groups is 1. The Morgan fingerprint density at radius 2 is 1.71 bits per heavy atom. The van der Waals surface area contributed by atoms with E-state index in [0.29, 0.717) is 5.69 Å². The van der Waals surface area contributed by atoms with Gasteiger partial charge in [0.2, 0.25) is 5.66 Å². The van der Waals surface area contributed by atoms with Gasteiger partial charge in [-0.25, -0.2) is 4.79 Å². The monoisotopic (exact) mass is 351 g/mol. The molecule has 2 atom stereocenters. The Balaban J connectivity index is 1.80. The molecule has 8 heteroatoms. The van der Waals surface area contributed by atoms with Crippen molar-refractivity contribution in [2.75, 3.05) is 4.90 Å². The van der Waals surface area contributed by atoms with Gasteiger partial charge in [0.15, 0.2) is 0 Å². The average molecular weight is 351 g/mol. The van der Waals surface area contributed by atoms with E-state index in [1.165, 1.54) is 40.9 Å². The molecule has 2 heterocycles. The van der Waals surface area contributed by atoms with E-state index in [4.69, 9.17) is 0 Å². The Morgan fingerprint density at radius 1 is 1.04 bits per heavy atom. The minimum Gasteiger partial charge on any atom is -0.308 e. The summed E-state index contributed by atoms with van der Waals surface area (Å²) in [7, 11) is 0. The van der Waals surface area contributed by atoms with Gasteiger partial charge in [0, 0.05) is 10.5 Å². The molecule has 2 aromatic rings. The zero-order chi connectivity index (χ0) is 16.9. The second-order valence-electron chi connectivity index (χ2n) is 5.50. The van der Waals surface area contributed by atoms with E-state index in [1.54, 1.807) is 30.3 Å². The predicted octanol–water partition coefficient (Wildman–Crippen LogP) is 3.61. The highest BCUT2D eigenvalue weighted by molar-refractivity contribution is 8.00. The summed E-state index contributed by atoms with van der Waals surface area (Å²) in [6, 6.07) is 13.6. The lowest BCUT2D eigenvalue weighted by Crippen LogP contribution is -2.75. The first-order valence-electron chi connectivity index (χ1n) is 7.19. The summed E-state index contributed by atoms with van der Waals surface area (Å²) in [5, 5.41) is 4.73. The Kier molecular flexibility index (Phi) is 3.29. The standard InChI is InChI=1S/C16H12F3N3OS/c17-16(18,19)15(10-6-2-1-3-7-10)20-13(23)22-11-8-4-5-9-12(11)24-14(22)21-15/h1-9,14,21H,(H,20,23)/t14-,15+/m1/s1. The summed E-state index contributed by atoms with van der Waals surface area (Å²) in [6.07, 6.45) is -4.70. The molecular weight excluding hydrogens is 339 g/mol. The maximum atomic E-state index is 13.9. The molecular formula is C16H12F3N3OS. The molecule has 1 saturated heterocycles. The molecule has 2 aromatic carbocycles. The van der Waals surface area contributed by atoms with Crippen molar-refractivity contribution in [1.29, 1.82) is 0 Å². The fourth-order valence-electron chi connectivity index (χ4n) is 2.97. The highest BCUT2D eigenvalue weighted by Crippen LogP contribution is 2.48. The van der Waals surface area contributed by atoms with Crippen molar-refractivity contribution in [2.45, 2.75) is 22.2 Å². The normalized spacial score (nSPS) is 25.9. The van der Waals surface area contributed by atoms with Crippen molar-refractivity contribution in [1.82, 2.24) is 10.6 Å². The van der Waals surface area contributed by atoms with Gasteiger partial charge in [-0.3, -0.25) is 10.2 Å². The van der Waals surface area contributed by atoms with Gasteiger partial charge in [-0.05, 0) is 12.1 Å². The van der Waals surface area contributed by atoms with E-state index < -0.39 is 23.4 Å². The van der Waals surface area contributed by atoms with Crippen LogP contribution in [0.3, 0.4) is 0 Å². The van der Waals surface area contributed by atoms with E-state index in [9.17, 15) is 18.0 Å². The molecule has 24 heavy (non-hydrogen) atoms. The van der Waals surface area contributed by atoms with Crippen LogP contribution >= 0.6 is 11.8 Å². The quantitative estimate of drug-likeness (QED) is 0.825. The largest absolute Gasteiger partial charge is 0.429 e. The zero-order valence-corrected chi connectivity index (χ0v) is 13.0. The topological polar surface area (TPSA) is 44.4 Å². The zero-order valence-electron chi connectivity index (χ0n) is 12.2. The summed E-state index contributed by atoms with van der Waals surface area (Å²) in [4.78, 5) is 14.6. The van der Waals surface area contributed by atoms with E-state index in [-0.39, 0.29) is 5.56 Å². The predicted molar refractivity (Wildman–Crippen MR) is 84.4 cm³/mol. The number of amides is 2. The summed E-state index contributed by atoms with van der Waals surface area (Å²) >= 11 is 1.19. The van der Waals surface area contributed by atoms with Gasteiger partial charge < -0.3 is 5.32 Å². The third-order valence-corrected chi connectivity index (χ3v) is 5.23. The van der Waals surface area contributed by atoms with E-state index >= 15 is 0 Å². The molecule has 0 radical (unpaired) electrons. The maximum Gasteiger partial charge on any atom is 0.429 e. The molecule has 0 bridgehead atoms. The molecule has 2 aliphatic heterocycles. The van der Waals surface area contributed by atoms with Gasteiger partial charge in [-0.2, -0.15) is 13.2 Å². The summed E-state index contributed by atoms with van der Waals surface area (Å²) in [5.74, 6) is 0. The molecule has 2 N–H and O–H groups in total. The number of carbonyl (C=O) groups excluding carboxylic acids is 1. The molecule has 0 aromatic heterocycles. The highest BCUT2D eigenvalue weighted by Gasteiger charge is 2.62. The Hall–Kier alpha value is -2.19. The van der Waals surface area contributed by atoms with Crippen LogP contribution in [0.25, 0.3) is 0 Å². The van der Waals surface area contributed by atoms with Gasteiger partial charge in [-0.1, -0.05) is 54.2 Å². The minimum atomic E-state index is -4.70. The Labute approximate surface area is 140 Å². The molecule has 0 saturated carbocycles. The number of alkyl halides is 3. The first-order chi connectivity index (χ1) is 11.4. The van der Waals surface area contributed by atoms with Gasteiger partial charge in [0.25, 0.3) is 0 Å². The SMILES string of the molecule is O=C1N[C@](c2ccccc2)(C(F)(F)F)N[C@H]2Sc3ccccc3N12. The summed E-state index contributed by atoms with van der Waals surface area (Å²) < 4.78 is 41.8. The van der Waals surface area contributed by atoms with Crippen molar-refractivity contribution >= 4 is 23.5 Å². The van der Waals surface area contributed by atoms with Crippen molar-refractivity contribution in [3.63, 3.8) is 0 Å². The average Bonchev–Trinajstić information content (AvgIpc) is 2.93. The summed E-state index contributed by atoms with van der Waals surface area (Å²) in [6.45, 7) is 0. The summed E-state index contributed by atoms with van der Waals surface area (Å²) in [5.41, 5.74) is -2.91. The highest BCUT2D eigenvalue weighted by atomic mass is 32.2. The first kappa shape index (κ1) is 15.3. The molecule has 0 unspecified atom stereocenters. The first-order valence-corrected chi connectivity index (χ1v) is 8.07.